The Labute approximate surface area is 122 Å². The molecule has 0 saturated carbocycles. The average Bonchev–Trinajstić information content (AvgIpc) is 3.01. The molecule has 5 heteroatoms. The predicted molar refractivity (Wildman–Crippen MR) is 79.8 cm³/mol. The maximum absolute atomic E-state index is 11.9. The van der Waals surface area contributed by atoms with Crippen molar-refractivity contribution in [3.63, 3.8) is 0 Å². The van der Waals surface area contributed by atoms with Gasteiger partial charge in [0.1, 0.15) is 5.70 Å². The Bertz CT molecular complexity index is 758. The van der Waals surface area contributed by atoms with Gasteiger partial charge in [-0.15, -0.1) is 0 Å². The van der Waals surface area contributed by atoms with Gasteiger partial charge in [-0.05, 0) is 42.8 Å². The fraction of sp³-hybridized carbons (Fsp3) is 0.125. The fourth-order valence-electron chi connectivity index (χ4n) is 2.30. The minimum Gasteiger partial charge on any atom is -0.317 e. The lowest BCUT2D eigenvalue weighted by molar-refractivity contribution is -0.121. The Morgan fingerprint density at radius 1 is 1.14 bits per heavy atom. The van der Waals surface area contributed by atoms with E-state index >= 15 is 0 Å². The van der Waals surface area contributed by atoms with E-state index in [2.05, 4.69) is 11.4 Å². The lowest BCUT2D eigenvalue weighted by Gasteiger charge is -2.08. The van der Waals surface area contributed by atoms with Crippen LogP contribution in [0.2, 0.25) is 0 Å². The van der Waals surface area contributed by atoms with Crippen LogP contribution in [0.15, 0.2) is 48.3 Å². The van der Waals surface area contributed by atoms with Crippen LogP contribution < -0.4 is 5.32 Å². The molecule has 1 N–H and O–H groups in total. The van der Waals surface area contributed by atoms with E-state index in [0.29, 0.717) is 0 Å². The third-order valence-corrected chi connectivity index (χ3v) is 3.43. The summed E-state index contributed by atoms with van der Waals surface area (Å²) in [5.74, 6) is -0.322. The van der Waals surface area contributed by atoms with Crippen molar-refractivity contribution in [2.45, 2.75) is 6.92 Å². The molecule has 1 fully saturated rings. The molecule has 1 aromatic heterocycles. The molecule has 3 rings (SSSR count). The first kappa shape index (κ1) is 13.2. The second-order valence-corrected chi connectivity index (χ2v) is 4.99. The predicted octanol–water partition coefficient (Wildman–Crippen LogP) is 2.31. The summed E-state index contributed by atoms with van der Waals surface area (Å²) in [6.45, 7) is 2.03. The van der Waals surface area contributed by atoms with E-state index in [-0.39, 0.29) is 11.6 Å². The molecule has 2 aromatic rings. The molecule has 0 radical (unpaired) electrons. The van der Waals surface area contributed by atoms with Crippen molar-refractivity contribution in [1.82, 2.24) is 14.8 Å². The second-order valence-electron chi connectivity index (χ2n) is 4.99. The van der Waals surface area contributed by atoms with E-state index in [1.165, 1.54) is 7.05 Å². The normalized spacial score (nSPS) is 16.7. The van der Waals surface area contributed by atoms with Gasteiger partial charge >= 0.3 is 6.03 Å². The van der Waals surface area contributed by atoms with Crippen LogP contribution in [0.5, 0.6) is 0 Å². The molecule has 106 valence electrons. The molecule has 0 bridgehead atoms. The Kier molecular flexibility index (Phi) is 3.10. The van der Waals surface area contributed by atoms with Gasteiger partial charge in [0.15, 0.2) is 0 Å². The summed E-state index contributed by atoms with van der Waals surface area (Å²) in [7, 11) is 1.46. The van der Waals surface area contributed by atoms with E-state index in [9.17, 15) is 9.59 Å². The van der Waals surface area contributed by atoms with Gasteiger partial charge < -0.3 is 9.88 Å². The Balaban J connectivity index is 2.01. The van der Waals surface area contributed by atoms with Crippen molar-refractivity contribution in [3.05, 3.63) is 59.5 Å². The highest BCUT2D eigenvalue weighted by atomic mass is 16.2. The van der Waals surface area contributed by atoms with Crippen molar-refractivity contribution in [3.8, 4) is 5.69 Å². The van der Waals surface area contributed by atoms with Gasteiger partial charge in [-0.3, -0.25) is 9.69 Å². The number of aromatic nitrogens is 1. The number of carbonyl (C=O) groups is 2. The number of likely N-dealkylation sites (N-methyl/N-ethyl adjacent to an activating group) is 1. The fourth-order valence-corrected chi connectivity index (χ4v) is 2.30. The van der Waals surface area contributed by atoms with Crippen LogP contribution in [0.25, 0.3) is 11.8 Å². The molecule has 0 unspecified atom stereocenters. The number of imide groups is 1. The number of rotatable bonds is 2. The number of benzene rings is 1. The van der Waals surface area contributed by atoms with Crippen molar-refractivity contribution in [2.75, 3.05) is 7.05 Å². The Morgan fingerprint density at radius 3 is 2.62 bits per heavy atom. The number of hydrogen-bond donors (Lipinski definition) is 1. The van der Waals surface area contributed by atoms with E-state index in [0.717, 1.165) is 21.8 Å². The Hall–Kier alpha value is -2.82. The third kappa shape index (κ3) is 2.33. The van der Waals surface area contributed by atoms with Gasteiger partial charge in [0, 0.05) is 24.6 Å². The van der Waals surface area contributed by atoms with Gasteiger partial charge in [-0.2, -0.15) is 0 Å². The van der Waals surface area contributed by atoms with Crippen LogP contribution in [0.3, 0.4) is 0 Å². The van der Waals surface area contributed by atoms with E-state index in [1.54, 1.807) is 6.08 Å². The molecule has 2 heterocycles. The van der Waals surface area contributed by atoms with Gasteiger partial charge in [0.05, 0.1) is 0 Å². The third-order valence-electron chi connectivity index (χ3n) is 3.43. The summed E-state index contributed by atoms with van der Waals surface area (Å²) in [6, 6.07) is 11.5. The molecular formula is C16H15N3O2. The summed E-state index contributed by atoms with van der Waals surface area (Å²) >= 11 is 0. The van der Waals surface area contributed by atoms with Crippen molar-refractivity contribution in [2.24, 2.45) is 0 Å². The van der Waals surface area contributed by atoms with Crippen LogP contribution >= 0.6 is 0 Å². The summed E-state index contributed by atoms with van der Waals surface area (Å²) in [5.41, 5.74) is 3.29. The van der Waals surface area contributed by atoms with Gasteiger partial charge in [-0.25, -0.2) is 4.79 Å². The van der Waals surface area contributed by atoms with Crippen LogP contribution in [-0.2, 0) is 4.79 Å². The summed E-state index contributed by atoms with van der Waals surface area (Å²) in [5, 5.41) is 2.57. The Morgan fingerprint density at radius 2 is 1.95 bits per heavy atom. The minimum absolute atomic E-state index is 0.287. The topological polar surface area (TPSA) is 54.3 Å². The lowest BCUT2D eigenvalue weighted by Crippen LogP contribution is -2.25. The molecular weight excluding hydrogens is 266 g/mol. The molecule has 3 amide bonds. The van der Waals surface area contributed by atoms with Crippen molar-refractivity contribution < 1.29 is 9.59 Å². The summed E-state index contributed by atoms with van der Waals surface area (Å²) in [6.07, 6.45) is 3.61. The molecule has 0 spiro atoms. The van der Waals surface area contributed by atoms with E-state index in [1.807, 2.05) is 48.0 Å². The van der Waals surface area contributed by atoms with Gasteiger partial charge in [0.25, 0.3) is 5.91 Å². The summed E-state index contributed by atoms with van der Waals surface area (Å²) in [4.78, 5) is 24.4. The standard InChI is InChI=1S/C16H15N3O2/c1-11-5-3-6-12(9-11)19-8-4-7-13(19)10-14-15(20)18(2)16(21)17-14/h3-10H,1-2H3,(H,17,21)/b14-10+. The zero-order valence-corrected chi connectivity index (χ0v) is 11.8. The quantitative estimate of drug-likeness (QED) is 0.678. The highest BCUT2D eigenvalue weighted by Gasteiger charge is 2.30. The molecule has 1 aliphatic rings. The molecule has 1 aliphatic heterocycles. The minimum atomic E-state index is -0.403. The second kappa shape index (κ2) is 4.94. The number of urea groups is 1. The lowest BCUT2D eigenvalue weighted by atomic mass is 10.2. The van der Waals surface area contributed by atoms with Crippen molar-refractivity contribution >= 4 is 18.0 Å². The maximum atomic E-state index is 11.9. The molecule has 1 saturated heterocycles. The number of nitrogens with zero attached hydrogens (tertiary/aromatic N) is 2. The van der Waals surface area contributed by atoms with Crippen molar-refractivity contribution in [1.29, 1.82) is 0 Å². The first-order valence-corrected chi connectivity index (χ1v) is 6.61. The first-order valence-electron chi connectivity index (χ1n) is 6.61. The number of aryl methyl sites for hydroxylation is 1. The molecule has 1 aromatic carbocycles. The van der Waals surface area contributed by atoms with Crippen LogP contribution in [0.4, 0.5) is 4.79 Å². The molecule has 0 atom stereocenters. The summed E-state index contributed by atoms with van der Waals surface area (Å²) < 4.78 is 1.97. The van der Waals surface area contributed by atoms with Gasteiger partial charge in [0.2, 0.25) is 0 Å². The number of amides is 3. The highest BCUT2D eigenvalue weighted by Crippen LogP contribution is 2.18. The van der Waals surface area contributed by atoms with E-state index < -0.39 is 6.03 Å². The van der Waals surface area contributed by atoms with Crippen LogP contribution in [-0.4, -0.2) is 28.5 Å². The van der Waals surface area contributed by atoms with Crippen LogP contribution in [0, 0.1) is 6.92 Å². The zero-order chi connectivity index (χ0) is 15.0. The first-order chi connectivity index (χ1) is 10.1. The highest BCUT2D eigenvalue weighted by molar-refractivity contribution is 6.13. The molecule has 0 aliphatic carbocycles. The largest absolute Gasteiger partial charge is 0.328 e. The number of hydrogen-bond acceptors (Lipinski definition) is 2. The monoisotopic (exact) mass is 281 g/mol. The molecule has 21 heavy (non-hydrogen) atoms. The SMILES string of the molecule is Cc1cccc(-n2cccc2/C=C2/NC(=O)N(C)C2=O)c1. The number of carbonyl (C=O) groups excluding carboxylic acids is 2. The zero-order valence-electron chi connectivity index (χ0n) is 11.8. The van der Waals surface area contributed by atoms with Crippen LogP contribution in [0.1, 0.15) is 11.3 Å². The maximum Gasteiger partial charge on any atom is 0.328 e. The number of nitrogens with one attached hydrogen (secondary N) is 1. The smallest absolute Gasteiger partial charge is 0.317 e. The van der Waals surface area contributed by atoms with E-state index in [4.69, 9.17) is 0 Å². The van der Waals surface area contributed by atoms with Gasteiger partial charge in [-0.1, -0.05) is 12.1 Å². The average molecular weight is 281 g/mol. The molecule has 5 nitrogen and oxygen atoms in total.